The molecule has 0 fully saturated rings. The van der Waals surface area contributed by atoms with Crippen LogP contribution in [0.1, 0.15) is 10.4 Å². The number of aliphatic hydroxyl groups excluding tert-OH is 1. The van der Waals surface area contributed by atoms with Gasteiger partial charge in [-0.15, -0.1) is 0 Å². The average molecular weight is 248 g/mol. The number of alkyl halides is 2. The number of hydrogen-bond donors (Lipinski definition) is 3. The molecule has 1 aromatic carbocycles. The highest BCUT2D eigenvalue weighted by molar-refractivity contribution is 5.95. The molecular weight excluding hydrogens is 237 g/mol. The van der Waals surface area contributed by atoms with Crippen molar-refractivity contribution in [2.24, 2.45) is 0 Å². The predicted molar refractivity (Wildman–Crippen MR) is 55.2 cm³/mol. The molecule has 0 aromatic heterocycles. The van der Waals surface area contributed by atoms with Gasteiger partial charge < -0.3 is 16.2 Å². The Labute approximate surface area is 95.2 Å². The Morgan fingerprint density at radius 2 is 2.12 bits per heavy atom. The molecule has 0 radical (unpaired) electrons. The largest absolute Gasteiger partial charge is 0.399 e. The van der Waals surface area contributed by atoms with E-state index in [0.717, 1.165) is 12.1 Å². The van der Waals surface area contributed by atoms with Gasteiger partial charge in [-0.2, -0.15) is 0 Å². The molecule has 0 atom stereocenters. The smallest absolute Gasteiger partial charge is 0.287 e. The zero-order valence-electron chi connectivity index (χ0n) is 8.71. The number of rotatable bonds is 4. The van der Waals surface area contributed by atoms with E-state index in [9.17, 15) is 18.0 Å². The van der Waals surface area contributed by atoms with Gasteiger partial charge in [-0.3, -0.25) is 4.79 Å². The third kappa shape index (κ3) is 3.63. The van der Waals surface area contributed by atoms with Crippen LogP contribution in [0.3, 0.4) is 0 Å². The first-order valence-corrected chi connectivity index (χ1v) is 4.67. The lowest BCUT2D eigenvalue weighted by Crippen LogP contribution is -2.39. The van der Waals surface area contributed by atoms with Gasteiger partial charge in [0.1, 0.15) is 12.4 Å². The molecule has 0 heterocycles. The van der Waals surface area contributed by atoms with Crippen LogP contribution in [0.5, 0.6) is 0 Å². The molecule has 0 aliphatic heterocycles. The zero-order chi connectivity index (χ0) is 13.1. The molecule has 4 N–H and O–H groups in total. The fraction of sp³-hybridized carbons (Fsp3) is 0.300. The van der Waals surface area contributed by atoms with Gasteiger partial charge in [0.05, 0.1) is 12.1 Å². The minimum absolute atomic E-state index is 0.144. The summed E-state index contributed by atoms with van der Waals surface area (Å²) in [4.78, 5) is 11.4. The number of nitrogens with one attached hydrogen (secondary N) is 1. The van der Waals surface area contributed by atoms with Crippen molar-refractivity contribution >= 4 is 11.6 Å². The Hall–Kier alpha value is -1.76. The van der Waals surface area contributed by atoms with Crippen LogP contribution in [0, 0.1) is 5.82 Å². The summed E-state index contributed by atoms with van der Waals surface area (Å²) < 4.78 is 38.4. The molecule has 1 amide bonds. The second-order valence-electron chi connectivity index (χ2n) is 3.44. The summed E-state index contributed by atoms with van der Waals surface area (Å²) in [6, 6.07) is 3.25. The molecule has 0 spiro atoms. The quantitative estimate of drug-likeness (QED) is 0.689. The number of aliphatic hydroxyl groups is 1. The van der Waals surface area contributed by atoms with Crippen molar-refractivity contribution in [3.05, 3.63) is 29.6 Å². The first-order valence-electron chi connectivity index (χ1n) is 4.67. The molecular formula is C10H11F3N2O2. The highest BCUT2D eigenvalue weighted by Crippen LogP contribution is 2.13. The molecule has 17 heavy (non-hydrogen) atoms. The Morgan fingerprint density at radius 3 is 2.71 bits per heavy atom. The van der Waals surface area contributed by atoms with Crippen molar-refractivity contribution < 1.29 is 23.1 Å². The van der Waals surface area contributed by atoms with Crippen LogP contribution in [-0.2, 0) is 0 Å². The van der Waals surface area contributed by atoms with Crippen molar-refractivity contribution in [2.45, 2.75) is 5.92 Å². The van der Waals surface area contributed by atoms with Gasteiger partial charge >= 0.3 is 0 Å². The maximum absolute atomic E-state index is 13.2. The van der Waals surface area contributed by atoms with Gasteiger partial charge in [0.15, 0.2) is 0 Å². The molecule has 0 saturated carbocycles. The molecule has 94 valence electrons. The number of carbonyl (C=O) groups excluding carboxylic acids is 1. The fourth-order valence-electron chi connectivity index (χ4n) is 1.08. The fourth-order valence-corrected chi connectivity index (χ4v) is 1.08. The van der Waals surface area contributed by atoms with Crippen LogP contribution in [0.25, 0.3) is 0 Å². The lowest BCUT2D eigenvalue weighted by molar-refractivity contribution is -0.0462. The van der Waals surface area contributed by atoms with E-state index in [2.05, 4.69) is 0 Å². The summed E-state index contributed by atoms with van der Waals surface area (Å²) in [5, 5.41) is 10.1. The van der Waals surface area contributed by atoms with Gasteiger partial charge in [0.2, 0.25) is 0 Å². The number of carbonyl (C=O) groups is 1. The molecule has 7 heteroatoms. The lowest BCUT2D eigenvalue weighted by atomic mass is 10.1. The van der Waals surface area contributed by atoms with Crippen LogP contribution in [0.15, 0.2) is 18.2 Å². The van der Waals surface area contributed by atoms with Crippen molar-refractivity contribution in [3.8, 4) is 0 Å². The van der Waals surface area contributed by atoms with Crippen molar-refractivity contribution in [3.63, 3.8) is 0 Å². The van der Waals surface area contributed by atoms with E-state index in [4.69, 9.17) is 10.8 Å². The number of benzene rings is 1. The molecule has 0 unspecified atom stereocenters. The highest BCUT2D eigenvalue weighted by atomic mass is 19.3. The van der Waals surface area contributed by atoms with E-state index in [-0.39, 0.29) is 5.69 Å². The van der Waals surface area contributed by atoms with E-state index in [1.165, 1.54) is 6.07 Å². The number of anilines is 1. The third-order valence-electron chi connectivity index (χ3n) is 1.97. The van der Waals surface area contributed by atoms with Gasteiger partial charge in [-0.25, -0.2) is 13.2 Å². The summed E-state index contributed by atoms with van der Waals surface area (Å²) in [5.41, 5.74) is 5.06. The van der Waals surface area contributed by atoms with Crippen molar-refractivity contribution in [1.29, 1.82) is 0 Å². The average Bonchev–Trinajstić information content (AvgIpc) is 2.29. The monoisotopic (exact) mass is 248 g/mol. The second kappa shape index (κ2) is 5.05. The molecule has 0 bridgehead atoms. The number of hydrogen-bond acceptors (Lipinski definition) is 3. The maximum Gasteiger partial charge on any atom is 0.287 e. The Balaban J connectivity index is 2.74. The lowest BCUT2D eigenvalue weighted by Gasteiger charge is -2.14. The van der Waals surface area contributed by atoms with Gasteiger partial charge in [0.25, 0.3) is 11.8 Å². The standard InChI is InChI=1S/C10H11F3N2O2/c11-8-2-1-6(14)3-7(8)9(17)15-4-10(12,13)5-16/h1-3,16H,4-5,14H2,(H,15,17). The van der Waals surface area contributed by atoms with Crippen LogP contribution in [-0.4, -0.2) is 30.1 Å². The van der Waals surface area contributed by atoms with Crippen molar-refractivity contribution in [2.75, 3.05) is 18.9 Å². The van der Waals surface area contributed by atoms with E-state index in [1.54, 1.807) is 0 Å². The number of halogens is 3. The van der Waals surface area contributed by atoms with Crippen LogP contribution >= 0.6 is 0 Å². The maximum atomic E-state index is 13.2. The Morgan fingerprint density at radius 1 is 1.47 bits per heavy atom. The number of nitrogen functional groups attached to an aromatic ring is 1. The zero-order valence-corrected chi connectivity index (χ0v) is 8.71. The van der Waals surface area contributed by atoms with E-state index >= 15 is 0 Å². The van der Waals surface area contributed by atoms with Crippen LogP contribution in [0.2, 0.25) is 0 Å². The Kier molecular flexibility index (Phi) is 3.95. The van der Waals surface area contributed by atoms with Gasteiger partial charge in [-0.1, -0.05) is 0 Å². The summed E-state index contributed by atoms with van der Waals surface area (Å²) in [6.45, 7) is -2.47. The first kappa shape index (κ1) is 13.3. The van der Waals surface area contributed by atoms with Gasteiger partial charge in [0, 0.05) is 5.69 Å². The minimum atomic E-state index is -3.44. The normalized spacial score (nSPS) is 11.3. The molecule has 0 saturated heterocycles. The van der Waals surface area contributed by atoms with Crippen LogP contribution in [0.4, 0.5) is 18.9 Å². The summed E-state index contributed by atoms with van der Waals surface area (Å²) in [5.74, 6) is -5.31. The van der Waals surface area contributed by atoms with Gasteiger partial charge in [-0.05, 0) is 18.2 Å². The molecule has 0 aliphatic carbocycles. The van der Waals surface area contributed by atoms with E-state index < -0.39 is 36.4 Å². The summed E-state index contributed by atoms with van der Waals surface area (Å²) in [7, 11) is 0. The van der Waals surface area contributed by atoms with Crippen molar-refractivity contribution in [1.82, 2.24) is 5.32 Å². The highest BCUT2D eigenvalue weighted by Gasteiger charge is 2.28. The number of nitrogens with two attached hydrogens (primary N) is 1. The molecule has 1 aromatic rings. The van der Waals surface area contributed by atoms with E-state index in [0.29, 0.717) is 0 Å². The molecule has 1 rings (SSSR count). The molecule has 4 nitrogen and oxygen atoms in total. The third-order valence-corrected chi connectivity index (χ3v) is 1.97. The summed E-state index contributed by atoms with van der Waals surface area (Å²) in [6.07, 6.45) is 0. The Bertz CT molecular complexity index is 424. The van der Waals surface area contributed by atoms with E-state index in [1.807, 2.05) is 5.32 Å². The van der Waals surface area contributed by atoms with Crippen LogP contribution < -0.4 is 11.1 Å². The molecule has 0 aliphatic rings. The second-order valence-corrected chi connectivity index (χ2v) is 3.44. The number of amides is 1. The first-order chi connectivity index (χ1) is 7.85. The SMILES string of the molecule is Nc1ccc(F)c(C(=O)NCC(F)(F)CO)c1. The predicted octanol–water partition coefficient (Wildman–Crippen LogP) is 0.765. The minimum Gasteiger partial charge on any atom is -0.399 e. The summed E-state index contributed by atoms with van der Waals surface area (Å²) >= 11 is 0. The topological polar surface area (TPSA) is 75.4 Å².